The van der Waals surface area contributed by atoms with Crippen molar-refractivity contribution in [3.8, 4) is 0 Å². The molecule has 0 atom stereocenters. The molecule has 0 unspecified atom stereocenters. The first-order valence-electron chi connectivity index (χ1n) is 9.19. The van der Waals surface area contributed by atoms with Crippen LogP contribution in [-0.2, 0) is 17.9 Å². The van der Waals surface area contributed by atoms with Crippen LogP contribution in [0.25, 0.3) is 11.0 Å². The second-order valence-electron chi connectivity index (χ2n) is 6.50. The van der Waals surface area contributed by atoms with Gasteiger partial charge in [-0.15, -0.1) is 11.8 Å². The normalized spacial score (nSPS) is 11.5. The van der Waals surface area contributed by atoms with E-state index < -0.39 is 0 Å². The Morgan fingerprint density at radius 3 is 2.71 bits per heavy atom. The van der Waals surface area contributed by atoms with Crippen LogP contribution in [0.3, 0.4) is 0 Å². The highest BCUT2D eigenvalue weighted by molar-refractivity contribution is 7.99. The third-order valence-electron chi connectivity index (χ3n) is 4.59. The fraction of sp³-hybridized carbons (Fsp3) is 0.400. The van der Waals surface area contributed by atoms with Gasteiger partial charge in [-0.2, -0.15) is 0 Å². The number of fused-ring (bicyclic) bond motifs is 1. The van der Waals surface area contributed by atoms with Gasteiger partial charge < -0.3 is 15.0 Å². The van der Waals surface area contributed by atoms with E-state index >= 15 is 0 Å². The third kappa shape index (κ3) is 4.57. The summed E-state index contributed by atoms with van der Waals surface area (Å²) in [5.74, 6) is 2.28. The average molecular weight is 439 g/mol. The monoisotopic (exact) mass is 438 g/mol. The summed E-state index contributed by atoms with van der Waals surface area (Å²) in [7, 11) is 0. The van der Waals surface area contributed by atoms with E-state index in [0.29, 0.717) is 29.1 Å². The summed E-state index contributed by atoms with van der Waals surface area (Å²) < 4.78 is 7.84. The van der Waals surface area contributed by atoms with Crippen LogP contribution in [0.1, 0.15) is 30.4 Å². The number of nitrogens with two attached hydrogens (primary N) is 1. The molecule has 5 nitrogen and oxygen atoms in total. The van der Waals surface area contributed by atoms with Crippen molar-refractivity contribution in [1.29, 1.82) is 0 Å². The number of thioether (sulfide) groups is 1. The molecule has 28 heavy (non-hydrogen) atoms. The fourth-order valence-corrected chi connectivity index (χ4v) is 4.51. The summed E-state index contributed by atoms with van der Waals surface area (Å²) in [6, 6.07) is 5.60. The minimum absolute atomic E-state index is 0.458. The van der Waals surface area contributed by atoms with Gasteiger partial charge in [-0.1, -0.05) is 23.2 Å². The van der Waals surface area contributed by atoms with Crippen LogP contribution in [0.2, 0.25) is 10.0 Å². The molecule has 0 saturated carbocycles. The summed E-state index contributed by atoms with van der Waals surface area (Å²) >= 11 is 14.0. The second-order valence-corrected chi connectivity index (χ2v) is 8.48. The van der Waals surface area contributed by atoms with Crippen LogP contribution < -0.4 is 5.73 Å². The minimum Gasteiger partial charge on any atom is -0.382 e. The van der Waals surface area contributed by atoms with E-state index in [4.69, 9.17) is 38.7 Å². The zero-order chi connectivity index (χ0) is 20.3. The Hall–Kier alpha value is -1.47. The van der Waals surface area contributed by atoms with E-state index in [2.05, 4.69) is 16.5 Å². The number of nitrogens with zero attached hydrogens (tertiary/aromatic N) is 3. The van der Waals surface area contributed by atoms with Gasteiger partial charge in [0.1, 0.15) is 17.9 Å². The van der Waals surface area contributed by atoms with Gasteiger partial charge in [-0.05, 0) is 56.7 Å². The maximum Gasteiger partial charge on any atom is 0.151 e. The smallest absolute Gasteiger partial charge is 0.151 e. The number of anilines is 1. The molecule has 2 N–H and O–H groups in total. The van der Waals surface area contributed by atoms with E-state index in [9.17, 15) is 0 Å². The van der Waals surface area contributed by atoms with Crippen molar-refractivity contribution in [1.82, 2.24) is 14.5 Å². The Bertz CT molecular complexity index is 990. The van der Waals surface area contributed by atoms with Crippen LogP contribution in [-0.4, -0.2) is 26.9 Å². The lowest BCUT2D eigenvalue weighted by Gasteiger charge is -2.12. The first-order valence-corrected chi connectivity index (χ1v) is 10.9. The van der Waals surface area contributed by atoms with Crippen molar-refractivity contribution in [2.75, 3.05) is 18.1 Å². The molecule has 1 aromatic carbocycles. The molecule has 0 aliphatic heterocycles. The van der Waals surface area contributed by atoms with E-state index in [0.717, 1.165) is 51.7 Å². The molecule has 2 heterocycles. The molecule has 0 aliphatic carbocycles. The van der Waals surface area contributed by atoms with Crippen LogP contribution in [0.15, 0.2) is 23.1 Å². The predicted molar refractivity (Wildman–Crippen MR) is 119 cm³/mol. The summed E-state index contributed by atoms with van der Waals surface area (Å²) in [5, 5.41) is 1.34. The van der Waals surface area contributed by atoms with Gasteiger partial charge in [0, 0.05) is 28.8 Å². The minimum atomic E-state index is 0.458. The molecule has 0 spiro atoms. The number of hydrogen-bond acceptors (Lipinski definition) is 5. The molecule has 8 heteroatoms. The van der Waals surface area contributed by atoms with Crippen molar-refractivity contribution in [3.63, 3.8) is 0 Å². The Morgan fingerprint density at radius 2 is 2.00 bits per heavy atom. The number of rotatable bonds is 8. The molecule has 2 aromatic heterocycles. The van der Waals surface area contributed by atoms with Crippen molar-refractivity contribution < 1.29 is 4.74 Å². The summed E-state index contributed by atoms with van der Waals surface area (Å²) in [6.07, 6.45) is 0.953. The third-order valence-corrected chi connectivity index (χ3v) is 6.41. The highest BCUT2D eigenvalue weighted by atomic mass is 35.5. The lowest BCUT2D eigenvalue weighted by atomic mass is 10.2. The van der Waals surface area contributed by atoms with Crippen molar-refractivity contribution in [2.45, 2.75) is 45.2 Å². The molecule has 0 radical (unpaired) electrons. The summed E-state index contributed by atoms with van der Waals surface area (Å²) in [4.78, 5) is 10.2. The Labute approximate surface area is 179 Å². The first-order chi connectivity index (χ1) is 13.4. The maximum absolute atomic E-state index is 6.27. The average Bonchev–Trinajstić information content (AvgIpc) is 3.02. The summed E-state index contributed by atoms with van der Waals surface area (Å²) in [5.41, 5.74) is 9.98. The Morgan fingerprint density at radius 1 is 1.21 bits per heavy atom. The van der Waals surface area contributed by atoms with Crippen LogP contribution in [0.5, 0.6) is 0 Å². The van der Waals surface area contributed by atoms with E-state index in [1.54, 1.807) is 17.8 Å². The van der Waals surface area contributed by atoms with Crippen molar-refractivity contribution in [3.05, 3.63) is 45.3 Å². The highest BCUT2D eigenvalue weighted by Crippen LogP contribution is 2.31. The van der Waals surface area contributed by atoms with Gasteiger partial charge in [-0.3, -0.25) is 0 Å². The van der Waals surface area contributed by atoms with Crippen molar-refractivity contribution >= 4 is 51.8 Å². The highest BCUT2D eigenvalue weighted by Gasteiger charge is 2.17. The second kappa shape index (κ2) is 9.35. The molecule has 3 rings (SSSR count). The van der Waals surface area contributed by atoms with Crippen LogP contribution in [0.4, 0.5) is 5.82 Å². The lowest BCUT2D eigenvalue weighted by Crippen LogP contribution is -2.08. The zero-order valence-electron chi connectivity index (χ0n) is 16.3. The number of hydrogen-bond donors (Lipinski definition) is 1. The molecular weight excluding hydrogens is 415 g/mol. The number of aromatic nitrogens is 3. The molecule has 3 aromatic rings. The molecule has 0 bridgehead atoms. The zero-order valence-corrected chi connectivity index (χ0v) is 18.6. The first kappa shape index (κ1) is 21.2. The van der Waals surface area contributed by atoms with Gasteiger partial charge in [0.25, 0.3) is 0 Å². The number of ether oxygens (including phenoxy) is 1. The molecule has 0 amide bonds. The number of imidazole rings is 1. The lowest BCUT2D eigenvalue weighted by molar-refractivity contribution is 0.126. The number of benzene rings is 1. The number of nitrogen functional groups attached to an aromatic ring is 1. The fourth-order valence-electron chi connectivity index (χ4n) is 3.09. The molecule has 0 fully saturated rings. The summed E-state index contributed by atoms with van der Waals surface area (Å²) in [6.45, 7) is 7.93. The Balaban J connectivity index is 1.80. The van der Waals surface area contributed by atoms with Gasteiger partial charge in [0.15, 0.2) is 5.82 Å². The van der Waals surface area contributed by atoms with E-state index in [1.165, 1.54) is 0 Å². The number of halogens is 2. The van der Waals surface area contributed by atoms with Crippen LogP contribution >= 0.6 is 35.0 Å². The van der Waals surface area contributed by atoms with Gasteiger partial charge in [-0.25, -0.2) is 9.97 Å². The SMILES string of the molecule is CCOCc1nc2c(N)nc(C)c(C)c2n1CCCSc1ccc(Cl)cc1Cl. The number of aryl methyl sites for hydroxylation is 3. The Kier molecular flexibility index (Phi) is 7.10. The largest absolute Gasteiger partial charge is 0.382 e. The van der Waals surface area contributed by atoms with Gasteiger partial charge in [0.2, 0.25) is 0 Å². The molecule has 0 saturated heterocycles. The quantitative estimate of drug-likeness (QED) is 0.363. The van der Waals surface area contributed by atoms with Crippen LogP contribution in [0, 0.1) is 13.8 Å². The maximum atomic E-state index is 6.27. The van der Waals surface area contributed by atoms with Gasteiger partial charge >= 0.3 is 0 Å². The van der Waals surface area contributed by atoms with E-state index in [-0.39, 0.29) is 0 Å². The topological polar surface area (TPSA) is 66.0 Å². The number of pyridine rings is 1. The predicted octanol–water partition coefficient (Wildman–Crippen LogP) is 5.66. The molecule has 0 aliphatic rings. The standard InChI is InChI=1S/C20H24Cl2N4OS/c1-4-27-11-17-25-18-19(12(2)13(3)24-20(18)23)26(17)8-5-9-28-16-7-6-14(21)10-15(16)22/h6-7,10H,4-5,8-9,11H2,1-3H3,(H2,23,24). The van der Waals surface area contributed by atoms with Gasteiger partial charge in [0.05, 0.1) is 10.5 Å². The van der Waals surface area contributed by atoms with E-state index in [1.807, 2.05) is 26.0 Å². The molecular formula is C20H24Cl2N4OS. The van der Waals surface area contributed by atoms with Crippen molar-refractivity contribution in [2.24, 2.45) is 0 Å². The molecule has 150 valence electrons.